The quantitative estimate of drug-likeness (QED) is 0.513. The van der Waals surface area contributed by atoms with Gasteiger partial charge in [-0.15, -0.1) is 11.8 Å². The molecule has 114 valence electrons. The summed E-state index contributed by atoms with van der Waals surface area (Å²) < 4.78 is 5.30. The molecule has 0 unspecified atom stereocenters. The number of carbonyl (C=O) groups excluding carboxylic acids is 1. The Morgan fingerprint density at radius 2 is 2.33 bits per heavy atom. The van der Waals surface area contributed by atoms with E-state index in [1.807, 2.05) is 6.92 Å². The third-order valence-electron chi connectivity index (χ3n) is 3.67. The number of ether oxygens (including phenoxy) is 1. The average molecular weight is 310 g/mol. The number of carbonyl (C=O) groups is 1. The average Bonchev–Trinajstić information content (AvgIpc) is 3.00. The van der Waals surface area contributed by atoms with E-state index in [9.17, 15) is 14.9 Å². The molecule has 0 spiro atoms. The smallest absolute Gasteiger partial charge is 0.283 e. The molecular weight excluding hydrogens is 292 g/mol. The van der Waals surface area contributed by atoms with Gasteiger partial charge in [0.05, 0.1) is 16.4 Å². The molecule has 0 aliphatic carbocycles. The zero-order chi connectivity index (χ0) is 15.4. The lowest BCUT2D eigenvalue weighted by molar-refractivity contribution is -0.387. The molecule has 1 amide bonds. The first kappa shape index (κ1) is 15.8. The Morgan fingerprint density at radius 1 is 1.57 bits per heavy atom. The van der Waals surface area contributed by atoms with E-state index in [1.54, 1.807) is 18.4 Å². The van der Waals surface area contributed by atoms with Crippen molar-refractivity contribution >= 4 is 23.4 Å². The maximum atomic E-state index is 12.2. The van der Waals surface area contributed by atoms with Gasteiger partial charge in [0, 0.05) is 30.2 Å². The standard InChI is InChI=1S/C14H18N2O4S/c1-9(11-5-6-20-8-11)15-14(17)10-3-4-13(21-2)12(7-10)16(18)19/h3-4,7,9,11H,5-6,8H2,1-2H3,(H,15,17)/t9-,11-/m0/s1. The Labute approximate surface area is 127 Å². The van der Waals surface area contributed by atoms with Gasteiger partial charge in [-0.1, -0.05) is 0 Å². The third kappa shape index (κ3) is 3.74. The van der Waals surface area contributed by atoms with E-state index in [4.69, 9.17) is 4.74 Å². The van der Waals surface area contributed by atoms with Crippen LogP contribution in [0.1, 0.15) is 23.7 Å². The lowest BCUT2D eigenvalue weighted by Crippen LogP contribution is -2.38. The van der Waals surface area contributed by atoms with Crippen molar-refractivity contribution in [2.45, 2.75) is 24.3 Å². The first-order chi connectivity index (χ1) is 10.0. The Kier molecular flexibility index (Phi) is 5.19. The van der Waals surface area contributed by atoms with Gasteiger partial charge in [-0.3, -0.25) is 14.9 Å². The highest BCUT2D eigenvalue weighted by Crippen LogP contribution is 2.28. The highest BCUT2D eigenvalue weighted by Gasteiger charge is 2.24. The predicted molar refractivity (Wildman–Crippen MR) is 80.7 cm³/mol. The van der Waals surface area contributed by atoms with Crippen molar-refractivity contribution < 1.29 is 14.5 Å². The Bertz CT molecular complexity index is 544. The summed E-state index contributed by atoms with van der Waals surface area (Å²) >= 11 is 1.29. The summed E-state index contributed by atoms with van der Waals surface area (Å²) in [7, 11) is 0. The van der Waals surface area contributed by atoms with Crippen LogP contribution in [0.15, 0.2) is 23.1 Å². The Balaban J connectivity index is 2.11. The molecule has 0 saturated carbocycles. The van der Waals surface area contributed by atoms with Crippen molar-refractivity contribution in [2.24, 2.45) is 5.92 Å². The van der Waals surface area contributed by atoms with Crippen molar-refractivity contribution in [1.29, 1.82) is 0 Å². The number of hydrogen-bond donors (Lipinski definition) is 1. The minimum Gasteiger partial charge on any atom is -0.381 e. The highest BCUT2D eigenvalue weighted by molar-refractivity contribution is 7.98. The van der Waals surface area contributed by atoms with Crippen LogP contribution in [-0.4, -0.2) is 36.3 Å². The van der Waals surface area contributed by atoms with E-state index in [-0.39, 0.29) is 17.6 Å². The summed E-state index contributed by atoms with van der Waals surface area (Å²) in [6.07, 6.45) is 2.69. The second kappa shape index (κ2) is 6.91. The Hall–Kier alpha value is -1.60. The van der Waals surface area contributed by atoms with Crippen LogP contribution in [0.4, 0.5) is 5.69 Å². The molecular formula is C14H18N2O4S. The van der Waals surface area contributed by atoms with Crippen molar-refractivity contribution in [1.82, 2.24) is 5.32 Å². The maximum absolute atomic E-state index is 12.2. The fraction of sp³-hybridized carbons (Fsp3) is 0.500. The number of nitro groups is 1. The Morgan fingerprint density at radius 3 is 2.90 bits per heavy atom. The summed E-state index contributed by atoms with van der Waals surface area (Å²) in [6.45, 7) is 3.30. The maximum Gasteiger partial charge on any atom is 0.283 e. The van der Waals surface area contributed by atoms with Crippen molar-refractivity contribution in [3.8, 4) is 0 Å². The van der Waals surface area contributed by atoms with Gasteiger partial charge in [-0.2, -0.15) is 0 Å². The second-order valence-electron chi connectivity index (χ2n) is 5.03. The van der Waals surface area contributed by atoms with Crippen LogP contribution < -0.4 is 5.32 Å². The van der Waals surface area contributed by atoms with E-state index in [0.717, 1.165) is 13.0 Å². The largest absolute Gasteiger partial charge is 0.381 e. The molecule has 7 heteroatoms. The fourth-order valence-electron chi connectivity index (χ4n) is 2.33. The molecule has 1 aliphatic rings. The summed E-state index contributed by atoms with van der Waals surface area (Å²) in [6, 6.07) is 4.55. The van der Waals surface area contributed by atoms with E-state index in [1.165, 1.54) is 17.8 Å². The van der Waals surface area contributed by atoms with E-state index < -0.39 is 4.92 Å². The molecule has 6 nitrogen and oxygen atoms in total. The van der Waals surface area contributed by atoms with Crippen LogP contribution in [0.3, 0.4) is 0 Å². The molecule has 1 heterocycles. The molecule has 1 aromatic carbocycles. The van der Waals surface area contributed by atoms with Crippen LogP contribution in [0.5, 0.6) is 0 Å². The molecule has 1 N–H and O–H groups in total. The van der Waals surface area contributed by atoms with Crippen molar-refractivity contribution in [2.75, 3.05) is 19.5 Å². The van der Waals surface area contributed by atoms with Gasteiger partial charge >= 0.3 is 0 Å². The zero-order valence-electron chi connectivity index (χ0n) is 12.0. The monoisotopic (exact) mass is 310 g/mol. The van der Waals surface area contributed by atoms with Gasteiger partial charge in [0.15, 0.2) is 0 Å². The third-order valence-corrected chi connectivity index (χ3v) is 4.45. The molecule has 0 radical (unpaired) electrons. The molecule has 0 aromatic heterocycles. The normalized spacial score (nSPS) is 19.2. The zero-order valence-corrected chi connectivity index (χ0v) is 12.8. The van der Waals surface area contributed by atoms with Gasteiger partial charge < -0.3 is 10.1 Å². The van der Waals surface area contributed by atoms with Crippen LogP contribution in [0.25, 0.3) is 0 Å². The van der Waals surface area contributed by atoms with Crippen LogP contribution in [0, 0.1) is 16.0 Å². The first-order valence-electron chi connectivity index (χ1n) is 6.74. The summed E-state index contributed by atoms with van der Waals surface area (Å²) in [5, 5.41) is 13.9. The van der Waals surface area contributed by atoms with Gasteiger partial charge in [0.2, 0.25) is 0 Å². The summed E-state index contributed by atoms with van der Waals surface area (Å²) in [5.41, 5.74) is 0.275. The molecule has 0 bridgehead atoms. The molecule has 2 atom stereocenters. The minimum atomic E-state index is -0.461. The number of hydrogen-bond acceptors (Lipinski definition) is 5. The molecule has 1 fully saturated rings. The number of nitrogens with one attached hydrogen (secondary N) is 1. The lowest BCUT2D eigenvalue weighted by atomic mass is 10.0. The van der Waals surface area contributed by atoms with E-state index >= 15 is 0 Å². The SMILES string of the molecule is CSc1ccc(C(=O)N[C@@H](C)[C@H]2CCOC2)cc1[N+](=O)[O-]. The van der Waals surface area contributed by atoms with Gasteiger partial charge in [0.25, 0.3) is 11.6 Å². The number of nitrogens with zero attached hydrogens (tertiary/aromatic N) is 1. The predicted octanol–water partition coefficient (Wildman–Crippen LogP) is 2.47. The van der Waals surface area contributed by atoms with Crippen LogP contribution in [0.2, 0.25) is 0 Å². The van der Waals surface area contributed by atoms with Gasteiger partial charge in [-0.05, 0) is 31.7 Å². The topological polar surface area (TPSA) is 81.5 Å². The number of rotatable bonds is 5. The number of benzene rings is 1. The lowest BCUT2D eigenvalue weighted by Gasteiger charge is -2.19. The molecule has 21 heavy (non-hydrogen) atoms. The molecule has 1 aliphatic heterocycles. The molecule has 1 aromatic rings. The highest BCUT2D eigenvalue weighted by atomic mass is 32.2. The van der Waals surface area contributed by atoms with Crippen molar-refractivity contribution in [3.05, 3.63) is 33.9 Å². The van der Waals surface area contributed by atoms with E-state index in [0.29, 0.717) is 23.0 Å². The van der Waals surface area contributed by atoms with E-state index in [2.05, 4.69) is 5.32 Å². The summed E-state index contributed by atoms with van der Waals surface area (Å²) in [4.78, 5) is 23.3. The first-order valence-corrected chi connectivity index (χ1v) is 7.96. The van der Waals surface area contributed by atoms with Crippen LogP contribution in [-0.2, 0) is 4.74 Å². The number of thioether (sulfide) groups is 1. The second-order valence-corrected chi connectivity index (χ2v) is 5.88. The van der Waals surface area contributed by atoms with Gasteiger partial charge in [0.1, 0.15) is 0 Å². The molecule has 2 rings (SSSR count). The minimum absolute atomic E-state index is 0.0146. The van der Waals surface area contributed by atoms with Gasteiger partial charge in [-0.25, -0.2) is 0 Å². The molecule has 1 saturated heterocycles. The van der Waals surface area contributed by atoms with Crippen LogP contribution >= 0.6 is 11.8 Å². The number of amides is 1. The number of nitro benzene ring substituents is 1. The summed E-state index contributed by atoms with van der Waals surface area (Å²) in [5.74, 6) is 0.0135. The van der Waals surface area contributed by atoms with Crippen molar-refractivity contribution in [3.63, 3.8) is 0 Å². The fourth-order valence-corrected chi connectivity index (χ4v) is 2.88.